The van der Waals surface area contributed by atoms with Crippen molar-refractivity contribution in [1.82, 2.24) is 5.32 Å². The topological polar surface area (TPSA) is 21.3 Å². The second-order valence-electron chi connectivity index (χ2n) is 4.68. The zero-order chi connectivity index (χ0) is 13.5. The van der Waals surface area contributed by atoms with Gasteiger partial charge in [-0.15, -0.1) is 0 Å². The Morgan fingerprint density at radius 3 is 2.67 bits per heavy atom. The summed E-state index contributed by atoms with van der Waals surface area (Å²) >= 11 is 5.64. The number of hydrogen-bond donors (Lipinski definition) is 1. The van der Waals surface area contributed by atoms with Gasteiger partial charge >= 0.3 is 0 Å². The molecule has 1 rings (SSSR count). The van der Waals surface area contributed by atoms with Gasteiger partial charge in [-0.3, -0.25) is 0 Å². The highest BCUT2D eigenvalue weighted by Gasteiger charge is 2.15. The number of rotatable bonds is 7. The van der Waals surface area contributed by atoms with E-state index in [-0.39, 0.29) is 11.1 Å². The van der Waals surface area contributed by atoms with Crippen molar-refractivity contribution in [1.29, 1.82) is 0 Å². The Balaban J connectivity index is 2.61. The van der Waals surface area contributed by atoms with Crippen molar-refractivity contribution in [3.63, 3.8) is 0 Å². The molecule has 0 fully saturated rings. The van der Waals surface area contributed by atoms with Crippen molar-refractivity contribution in [3.8, 4) is 5.75 Å². The van der Waals surface area contributed by atoms with E-state index in [4.69, 9.17) is 16.3 Å². The van der Waals surface area contributed by atoms with E-state index in [2.05, 4.69) is 26.1 Å². The van der Waals surface area contributed by atoms with E-state index >= 15 is 0 Å². The van der Waals surface area contributed by atoms with Crippen LogP contribution in [0.4, 0.5) is 4.39 Å². The van der Waals surface area contributed by atoms with Crippen LogP contribution in [0.1, 0.15) is 27.2 Å². The van der Waals surface area contributed by atoms with Gasteiger partial charge in [0.1, 0.15) is 17.7 Å². The fourth-order valence-electron chi connectivity index (χ4n) is 1.56. The van der Waals surface area contributed by atoms with E-state index < -0.39 is 5.82 Å². The van der Waals surface area contributed by atoms with Crippen molar-refractivity contribution >= 4 is 11.6 Å². The predicted octanol–water partition coefficient (Wildman–Crippen LogP) is 3.88. The molecule has 2 nitrogen and oxygen atoms in total. The van der Waals surface area contributed by atoms with Crippen LogP contribution in [0.2, 0.25) is 5.02 Å². The fourth-order valence-corrected chi connectivity index (χ4v) is 1.68. The van der Waals surface area contributed by atoms with Crippen LogP contribution in [0.25, 0.3) is 0 Å². The average Bonchev–Trinajstić information content (AvgIpc) is 2.32. The van der Waals surface area contributed by atoms with Gasteiger partial charge in [-0.2, -0.15) is 0 Å². The zero-order valence-electron chi connectivity index (χ0n) is 11.2. The highest BCUT2D eigenvalue weighted by Crippen LogP contribution is 2.22. The van der Waals surface area contributed by atoms with Crippen LogP contribution >= 0.6 is 11.6 Å². The molecule has 1 aromatic carbocycles. The van der Waals surface area contributed by atoms with Crippen LogP contribution in [0.3, 0.4) is 0 Å². The maximum atomic E-state index is 13.3. The molecule has 4 heteroatoms. The summed E-state index contributed by atoms with van der Waals surface area (Å²) in [6.45, 7) is 8.01. The normalized spacial score (nSPS) is 12.8. The third-order valence-corrected chi connectivity index (χ3v) is 3.00. The Labute approximate surface area is 113 Å². The minimum Gasteiger partial charge on any atom is -0.489 e. The van der Waals surface area contributed by atoms with E-state index in [0.717, 1.165) is 19.5 Å². The summed E-state index contributed by atoms with van der Waals surface area (Å²) in [6, 6.07) is 4.54. The lowest BCUT2D eigenvalue weighted by Gasteiger charge is -2.23. The van der Waals surface area contributed by atoms with Crippen LogP contribution < -0.4 is 10.1 Å². The summed E-state index contributed by atoms with van der Waals surface area (Å²) in [5.74, 6) is 0.431. The summed E-state index contributed by atoms with van der Waals surface area (Å²) in [5.41, 5.74) is 0. The molecule has 0 aliphatic heterocycles. The SMILES string of the molecule is CCCNCC(Oc1ccc(Cl)c(F)c1)C(C)C. The molecule has 0 saturated carbocycles. The van der Waals surface area contributed by atoms with E-state index in [1.807, 2.05) is 0 Å². The van der Waals surface area contributed by atoms with Crippen LogP contribution in [-0.2, 0) is 0 Å². The first kappa shape index (κ1) is 15.3. The molecule has 1 unspecified atom stereocenters. The Morgan fingerprint density at radius 2 is 2.11 bits per heavy atom. The first-order valence-electron chi connectivity index (χ1n) is 6.37. The van der Waals surface area contributed by atoms with Gasteiger partial charge in [-0.1, -0.05) is 32.4 Å². The predicted molar refractivity (Wildman–Crippen MR) is 73.8 cm³/mol. The third-order valence-electron chi connectivity index (χ3n) is 2.69. The fraction of sp³-hybridized carbons (Fsp3) is 0.571. The van der Waals surface area contributed by atoms with Crippen LogP contribution in [-0.4, -0.2) is 19.2 Å². The maximum Gasteiger partial charge on any atom is 0.145 e. The molecule has 0 bridgehead atoms. The molecular weight excluding hydrogens is 253 g/mol. The molecule has 0 aromatic heterocycles. The lowest BCUT2D eigenvalue weighted by molar-refractivity contribution is 0.148. The van der Waals surface area contributed by atoms with Gasteiger partial charge < -0.3 is 10.1 Å². The van der Waals surface area contributed by atoms with Crippen LogP contribution in [0, 0.1) is 11.7 Å². The van der Waals surface area contributed by atoms with Crippen molar-refractivity contribution in [2.75, 3.05) is 13.1 Å². The van der Waals surface area contributed by atoms with Crippen molar-refractivity contribution in [2.45, 2.75) is 33.3 Å². The van der Waals surface area contributed by atoms with E-state index in [1.165, 1.54) is 12.1 Å². The standard InChI is InChI=1S/C14H21ClFNO/c1-4-7-17-9-14(10(2)3)18-11-5-6-12(15)13(16)8-11/h5-6,8,10,14,17H,4,7,9H2,1-3H3. The minimum absolute atomic E-state index is 0.0251. The molecule has 0 radical (unpaired) electrons. The number of halogens is 2. The van der Waals surface area contributed by atoms with Gasteiger partial charge in [-0.05, 0) is 31.0 Å². The Bertz CT molecular complexity index is 371. The second kappa shape index (κ2) is 7.59. The summed E-state index contributed by atoms with van der Waals surface area (Å²) in [4.78, 5) is 0. The van der Waals surface area contributed by atoms with Crippen LogP contribution in [0.5, 0.6) is 5.75 Å². The lowest BCUT2D eigenvalue weighted by Crippen LogP contribution is -2.35. The van der Waals surface area contributed by atoms with E-state index in [9.17, 15) is 4.39 Å². The molecule has 0 aliphatic rings. The Kier molecular flexibility index (Phi) is 6.44. The van der Waals surface area contributed by atoms with Crippen LogP contribution in [0.15, 0.2) is 18.2 Å². The van der Waals surface area contributed by atoms with Gasteiger partial charge in [0.2, 0.25) is 0 Å². The van der Waals surface area contributed by atoms with Gasteiger partial charge in [0, 0.05) is 12.6 Å². The number of hydrogen-bond acceptors (Lipinski definition) is 2. The molecule has 1 aromatic rings. The van der Waals surface area contributed by atoms with Gasteiger partial charge in [0.25, 0.3) is 0 Å². The summed E-state index contributed by atoms with van der Waals surface area (Å²) in [7, 11) is 0. The van der Waals surface area contributed by atoms with Gasteiger partial charge in [0.05, 0.1) is 5.02 Å². The summed E-state index contributed by atoms with van der Waals surface area (Å²) < 4.78 is 19.1. The molecule has 1 N–H and O–H groups in total. The average molecular weight is 274 g/mol. The molecule has 18 heavy (non-hydrogen) atoms. The zero-order valence-corrected chi connectivity index (χ0v) is 11.9. The van der Waals surface area contributed by atoms with Crippen molar-refractivity contribution in [2.24, 2.45) is 5.92 Å². The first-order chi connectivity index (χ1) is 8.54. The van der Waals surface area contributed by atoms with Gasteiger partial charge in [0.15, 0.2) is 0 Å². The van der Waals surface area contributed by atoms with Gasteiger partial charge in [-0.25, -0.2) is 4.39 Å². The van der Waals surface area contributed by atoms with E-state index in [0.29, 0.717) is 11.7 Å². The van der Waals surface area contributed by atoms with Crippen molar-refractivity contribution < 1.29 is 9.13 Å². The highest BCUT2D eigenvalue weighted by atomic mass is 35.5. The second-order valence-corrected chi connectivity index (χ2v) is 5.09. The molecule has 0 spiro atoms. The third kappa shape index (κ3) is 4.83. The number of benzene rings is 1. The maximum absolute atomic E-state index is 13.3. The lowest BCUT2D eigenvalue weighted by atomic mass is 10.1. The Hall–Kier alpha value is -0.800. The monoisotopic (exact) mass is 273 g/mol. The molecule has 0 heterocycles. The van der Waals surface area contributed by atoms with Crippen molar-refractivity contribution in [3.05, 3.63) is 29.0 Å². The smallest absolute Gasteiger partial charge is 0.145 e. The highest BCUT2D eigenvalue weighted by molar-refractivity contribution is 6.30. The number of ether oxygens (including phenoxy) is 1. The molecular formula is C14H21ClFNO. The molecule has 0 aliphatic carbocycles. The van der Waals surface area contributed by atoms with E-state index in [1.54, 1.807) is 6.07 Å². The largest absolute Gasteiger partial charge is 0.489 e. The summed E-state index contributed by atoms with van der Waals surface area (Å²) in [5, 5.41) is 3.44. The number of nitrogens with one attached hydrogen (secondary N) is 1. The molecule has 0 saturated heterocycles. The Morgan fingerprint density at radius 1 is 1.39 bits per heavy atom. The quantitative estimate of drug-likeness (QED) is 0.761. The minimum atomic E-state index is -0.446. The first-order valence-corrected chi connectivity index (χ1v) is 6.74. The molecule has 0 amide bonds. The molecule has 102 valence electrons. The summed E-state index contributed by atoms with van der Waals surface area (Å²) in [6.07, 6.45) is 1.11. The molecule has 1 atom stereocenters.